The van der Waals surface area contributed by atoms with E-state index in [1.54, 1.807) is 19.9 Å². The molecule has 0 spiro atoms. The minimum Gasteiger partial charge on any atom is -0.466 e. The van der Waals surface area contributed by atoms with E-state index in [4.69, 9.17) is 9.47 Å². The first kappa shape index (κ1) is 32.0. The summed E-state index contributed by atoms with van der Waals surface area (Å²) in [6, 6.07) is 5.95. The lowest BCUT2D eigenvalue weighted by atomic mass is 9.80. The number of carbonyl (C=O) groups excluding carboxylic acids is 2. The van der Waals surface area contributed by atoms with Crippen molar-refractivity contribution in [3.63, 3.8) is 0 Å². The molecule has 0 amide bonds. The van der Waals surface area contributed by atoms with Crippen LogP contribution in [0.5, 0.6) is 0 Å². The van der Waals surface area contributed by atoms with Gasteiger partial charge in [0.1, 0.15) is 0 Å². The zero-order valence-electron chi connectivity index (χ0n) is 23.3. The van der Waals surface area contributed by atoms with E-state index in [1.165, 1.54) is 25.3 Å². The summed E-state index contributed by atoms with van der Waals surface area (Å²) >= 11 is 0. The van der Waals surface area contributed by atoms with E-state index in [-0.39, 0.29) is 41.3 Å². The maximum atomic E-state index is 13.6. The van der Waals surface area contributed by atoms with E-state index < -0.39 is 22.8 Å². The van der Waals surface area contributed by atoms with Gasteiger partial charge in [-0.05, 0) is 19.4 Å². The number of hydrogen-bond acceptors (Lipinski definition) is 9. The number of nitrogens with one attached hydrogen (secondary N) is 1. The predicted octanol–water partition coefficient (Wildman–Crippen LogP) is 3.80. The van der Waals surface area contributed by atoms with Gasteiger partial charge in [0.15, 0.2) is 0 Å². The molecule has 0 aromatic heterocycles. The Morgan fingerprint density at radius 2 is 1.72 bits per heavy atom. The average molecular weight is 563 g/mol. The first-order valence-corrected chi connectivity index (χ1v) is 12.7. The van der Waals surface area contributed by atoms with E-state index in [9.17, 15) is 19.7 Å². The fraction of sp³-hybridized carbons (Fsp3) is 0.500. The fourth-order valence-electron chi connectivity index (χ4n) is 5.10. The van der Waals surface area contributed by atoms with Crippen molar-refractivity contribution in [1.82, 2.24) is 15.1 Å². The smallest absolute Gasteiger partial charge is 0.336 e. The molecule has 1 fully saturated rings. The Morgan fingerprint density at radius 3 is 2.28 bits per heavy atom. The lowest BCUT2D eigenvalue weighted by molar-refractivity contribution is -0.384. The van der Waals surface area contributed by atoms with Gasteiger partial charge in [-0.15, -0.1) is 19.0 Å². The number of non-ortho nitro benzene ring substituents is 1. The van der Waals surface area contributed by atoms with Crippen LogP contribution < -0.4 is 5.32 Å². The van der Waals surface area contributed by atoms with Crippen molar-refractivity contribution in [2.75, 3.05) is 53.0 Å². The van der Waals surface area contributed by atoms with E-state index >= 15 is 0 Å². The van der Waals surface area contributed by atoms with Crippen molar-refractivity contribution in [2.24, 2.45) is 5.41 Å². The zero-order valence-corrected chi connectivity index (χ0v) is 24.1. The van der Waals surface area contributed by atoms with Crippen LogP contribution >= 0.6 is 12.4 Å². The summed E-state index contributed by atoms with van der Waals surface area (Å²) in [4.78, 5) is 42.1. The van der Waals surface area contributed by atoms with Crippen LogP contribution in [0.2, 0.25) is 0 Å². The predicted molar refractivity (Wildman–Crippen MR) is 151 cm³/mol. The molecular weight excluding hydrogens is 524 g/mol. The Hall–Kier alpha value is -3.21. The van der Waals surface area contributed by atoms with E-state index in [1.807, 2.05) is 6.08 Å². The lowest BCUT2D eigenvalue weighted by Gasteiger charge is -2.38. The van der Waals surface area contributed by atoms with E-state index in [0.29, 0.717) is 17.0 Å². The van der Waals surface area contributed by atoms with Gasteiger partial charge >= 0.3 is 11.9 Å². The molecule has 11 heteroatoms. The van der Waals surface area contributed by atoms with Crippen molar-refractivity contribution in [2.45, 2.75) is 33.6 Å². The molecule has 0 radical (unpaired) electrons. The molecule has 1 unspecified atom stereocenters. The first-order valence-electron chi connectivity index (χ1n) is 12.7. The topological polar surface area (TPSA) is 114 Å². The van der Waals surface area contributed by atoms with Crippen molar-refractivity contribution < 1.29 is 24.0 Å². The highest BCUT2D eigenvalue weighted by atomic mass is 35.5. The second-order valence-corrected chi connectivity index (χ2v) is 10.6. The summed E-state index contributed by atoms with van der Waals surface area (Å²) in [6.45, 7) is 17.0. The molecule has 0 saturated carbocycles. The fourth-order valence-corrected chi connectivity index (χ4v) is 5.10. The van der Waals surface area contributed by atoms with Gasteiger partial charge in [-0.25, -0.2) is 9.59 Å². The number of carbonyl (C=O) groups is 2. The molecule has 39 heavy (non-hydrogen) atoms. The van der Waals surface area contributed by atoms with Crippen molar-refractivity contribution in [3.05, 3.63) is 75.1 Å². The van der Waals surface area contributed by atoms with Gasteiger partial charge in [0.05, 0.1) is 35.7 Å². The number of hydrogen-bond donors (Lipinski definition) is 1. The van der Waals surface area contributed by atoms with E-state index in [2.05, 4.69) is 35.5 Å². The number of ether oxygens (including phenoxy) is 2. The molecule has 2 aliphatic heterocycles. The van der Waals surface area contributed by atoms with Crippen LogP contribution in [0.25, 0.3) is 0 Å². The minimum atomic E-state index is -0.878. The second-order valence-electron chi connectivity index (χ2n) is 10.6. The molecule has 1 atom stereocenters. The minimum absolute atomic E-state index is 0. The maximum absolute atomic E-state index is 13.6. The molecule has 3 rings (SSSR count). The van der Waals surface area contributed by atoms with Crippen LogP contribution in [0.1, 0.15) is 39.2 Å². The number of halogens is 1. The summed E-state index contributed by atoms with van der Waals surface area (Å²) in [5, 5.41) is 14.5. The first-order chi connectivity index (χ1) is 18.0. The number of rotatable bonds is 10. The molecule has 214 valence electrons. The van der Waals surface area contributed by atoms with Crippen molar-refractivity contribution >= 4 is 30.0 Å². The molecule has 1 aromatic rings. The van der Waals surface area contributed by atoms with Crippen LogP contribution in [0.4, 0.5) is 5.69 Å². The Labute approximate surface area is 236 Å². The Bertz CT molecular complexity index is 1150. The van der Waals surface area contributed by atoms with Crippen molar-refractivity contribution in [1.29, 1.82) is 0 Å². The van der Waals surface area contributed by atoms with Gasteiger partial charge in [-0.1, -0.05) is 32.1 Å². The number of nitrogens with zero attached hydrogens (tertiary/aromatic N) is 3. The quantitative estimate of drug-likeness (QED) is 0.197. The van der Waals surface area contributed by atoms with Gasteiger partial charge in [-0.2, -0.15) is 0 Å². The highest BCUT2D eigenvalue weighted by Crippen LogP contribution is 2.40. The Kier molecular flexibility index (Phi) is 11.3. The van der Waals surface area contributed by atoms with Crippen LogP contribution in [0, 0.1) is 15.5 Å². The largest absolute Gasteiger partial charge is 0.466 e. The average Bonchev–Trinajstić information content (AvgIpc) is 2.87. The van der Waals surface area contributed by atoms with Crippen molar-refractivity contribution in [3.8, 4) is 0 Å². The normalized spacial score (nSPS) is 18.6. The summed E-state index contributed by atoms with van der Waals surface area (Å²) in [5.41, 5.74) is 1.45. The Morgan fingerprint density at radius 1 is 1.13 bits per heavy atom. The number of dihydropyridines is 1. The Balaban J connectivity index is 0.00000533. The number of allylic oxidation sites excluding steroid dienone is 2. The molecule has 1 N–H and O–H groups in total. The number of nitro benzene ring substituents is 1. The molecule has 2 aliphatic rings. The third-order valence-corrected chi connectivity index (χ3v) is 6.90. The lowest BCUT2D eigenvalue weighted by Crippen LogP contribution is -2.49. The van der Waals surface area contributed by atoms with Crippen LogP contribution in [0.15, 0.2) is 59.5 Å². The zero-order chi connectivity index (χ0) is 28.0. The standard InChI is InChI=1S/C28H38N4O6.ClH/c1-7-11-30-12-14-31(15-13-30)17-28(4,5)18-38-27(34)24-20(3)29-19(2)23(26(33)37-6)25(24)21-9-8-10-22(16-21)32(35)36;/h7-10,16,25,29H,1,11-15,17-18H2,2-6H3;1H. The van der Waals surface area contributed by atoms with Gasteiger partial charge in [-0.3, -0.25) is 15.0 Å². The maximum Gasteiger partial charge on any atom is 0.336 e. The third-order valence-electron chi connectivity index (χ3n) is 6.90. The number of piperazine rings is 1. The number of methoxy groups -OCH3 is 1. The van der Waals surface area contributed by atoms with Gasteiger partial charge in [0.25, 0.3) is 5.69 Å². The summed E-state index contributed by atoms with van der Waals surface area (Å²) in [7, 11) is 1.26. The highest BCUT2D eigenvalue weighted by molar-refractivity contribution is 5.99. The summed E-state index contributed by atoms with van der Waals surface area (Å²) in [6.07, 6.45) is 1.92. The van der Waals surface area contributed by atoms with Gasteiger partial charge < -0.3 is 19.7 Å². The van der Waals surface area contributed by atoms with Crippen LogP contribution in [0.3, 0.4) is 0 Å². The van der Waals surface area contributed by atoms with Gasteiger partial charge in [0.2, 0.25) is 0 Å². The third kappa shape index (κ3) is 7.90. The monoisotopic (exact) mass is 562 g/mol. The molecule has 1 aromatic carbocycles. The second kappa shape index (κ2) is 13.7. The van der Waals surface area contributed by atoms with E-state index in [0.717, 1.165) is 39.3 Å². The summed E-state index contributed by atoms with van der Waals surface area (Å²) < 4.78 is 10.9. The molecule has 2 heterocycles. The molecule has 0 bridgehead atoms. The number of nitro groups is 1. The highest BCUT2D eigenvalue weighted by Gasteiger charge is 2.39. The summed E-state index contributed by atoms with van der Waals surface area (Å²) in [5.74, 6) is -2.08. The SMILES string of the molecule is C=CCN1CCN(CC(C)(C)COC(=O)C2=C(C)NC(C)=C(C(=O)OC)C2c2cccc([N+](=O)[O-])c2)CC1.Cl. The molecule has 0 aliphatic carbocycles. The van der Waals surface area contributed by atoms with Crippen LogP contribution in [-0.4, -0.2) is 79.6 Å². The number of benzene rings is 1. The van der Waals surface area contributed by atoms with Crippen LogP contribution in [-0.2, 0) is 19.1 Å². The number of esters is 2. The molecular formula is C28H39ClN4O6. The molecule has 1 saturated heterocycles. The molecule has 10 nitrogen and oxygen atoms in total. The van der Waals surface area contributed by atoms with Gasteiger partial charge in [0, 0.05) is 68.2 Å².